The maximum absolute atomic E-state index is 11.4. The molecule has 1 atom stereocenters. The van der Waals surface area contributed by atoms with E-state index in [1.54, 1.807) is 12.1 Å². The first-order valence-electron chi connectivity index (χ1n) is 6.66. The van der Waals surface area contributed by atoms with Gasteiger partial charge in [0, 0.05) is 32.1 Å². The van der Waals surface area contributed by atoms with Gasteiger partial charge in [0.1, 0.15) is 0 Å². The van der Waals surface area contributed by atoms with Crippen molar-refractivity contribution < 1.29 is 13.2 Å². The second kappa shape index (κ2) is 6.50. The van der Waals surface area contributed by atoms with Crippen LogP contribution in [0.15, 0.2) is 29.2 Å². The summed E-state index contributed by atoms with van der Waals surface area (Å²) in [6, 6.07) is 7.58. The topological polar surface area (TPSA) is 55.4 Å². The number of hydrogen-bond donors (Lipinski definition) is 1. The number of sulfone groups is 1. The second-order valence-electron chi connectivity index (χ2n) is 5.04. The van der Waals surface area contributed by atoms with Crippen LogP contribution in [-0.4, -0.2) is 33.9 Å². The molecule has 1 aromatic carbocycles. The van der Waals surface area contributed by atoms with Crippen LogP contribution in [0.1, 0.15) is 24.8 Å². The van der Waals surface area contributed by atoms with E-state index in [2.05, 4.69) is 5.32 Å². The molecule has 1 unspecified atom stereocenters. The molecule has 1 aliphatic heterocycles. The van der Waals surface area contributed by atoms with Gasteiger partial charge in [-0.25, -0.2) is 8.42 Å². The minimum atomic E-state index is -3.10. The number of ether oxygens (including phenoxy) is 1. The Bertz CT molecular complexity index is 488. The SMILES string of the molecule is CS(=O)(=O)c1ccc(CNC2CCCOCC2)cc1. The van der Waals surface area contributed by atoms with Crippen molar-refractivity contribution in [1.82, 2.24) is 5.32 Å². The fraction of sp³-hybridized carbons (Fsp3) is 0.571. The fourth-order valence-corrected chi connectivity index (χ4v) is 2.86. The predicted molar refractivity (Wildman–Crippen MR) is 74.8 cm³/mol. The Balaban J connectivity index is 1.89. The lowest BCUT2D eigenvalue weighted by Crippen LogP contribution is -2.28. The molecule has 1 saturated heterocycles. The summed E-state index contributed by atoms with van der Waals surface area (Å²) in [5.41, 5.74) is 1.11. The van der Waals surface area contributed by atoms with Gasteiger partial charge in [0.2, 0.25) is 0 Å². The Morgan fingerprint density at radius 1 is 1.21 bits per heavy atom. The Labute approximate surface area is 115 Å². The average Bonchev–Trinajstić information content (AvgIpc) is 2.64. The van der Waals surface area contributed by atoms with E-state index in [1.807, 2.05) is 12.1 Å². The molecule has 0 amide bonds. The van der Waals surface area contributed by atoms with Crippen molar-refractivity contribution in [2.24, 2.45) is 0 Å². The van der Waals surface area contributed by atoms with Crippen LogP contribution in [-0.2, 0) is 21.1 Å². The summed E-state index contributed by atoms with van der Waals surface area (Å²) in [6.45, 7) is 2.46. The van der Waals surface area contributed by atoms with Crippen LogP contribution >= 0.6 is 0 Å². The third kappa shape index (κ3) is 4.60. The molecule has 4 nitrogen and oxygen atoms in total. The largest absolute Gasteiger partial charge is 0.381 e. The molecule has 5 heteroatoms. The zero-order valence-corrected chi connectivity index (χ0v) is 12.1. The van der Waals surface area contributed by atoms with Crippen LogP contribution in [0, 0.1) is 0 Å². The summed E-state index contributed by atoms with van der Waals surface area (Å²) >= 11 is 0. The Morgan fingerprint density at radius 2 is 1.95 bits per heavy atom. The molecule has 1 N–H and O–H groups in total. The molecule has 0 radical (unpaired) electrons. The number of rotatable bonds is 4. The van der Waals surface area contributed by atoms with Gasteiger partial charge in [0.15, 0.2) is 9.84 Å². The van der Waals surface area contributed by atoms with Crippen molar-refractivity contribution in [2.45, 2.75) is 36.7 Å². The lowest BCUT2D eigenvalue weighted by atomic mass is 10.1. The highest BCUT2D eigenvalue weighted by Crippen LogP contribution is 2.12. The highest BCUT2D eigenvalue weighted by Gasteiger charge is 2.12. The second-order valence-corrected chi connectivity index (χ2v) is 7.05. The molecule has 0 aromatic heterocycles. The third-order valence-electron chi connectivity index (χ3n) is 3.40. The Kier molecular flexibility index (Phi) is 4.96. The van der Waals surface area contributed by atoms with Crippen LogP contribution in [0.4, 0.5) is 0 Å². The minimum Gasteiger partial charge on any atom is -0.381 e. The first-order valence-corrected chi connectivity index (χ1v) is 8.55. The number of benzene rings is 1. The summed E-state index contributed by atoms with van der Waals surface area (Å²) in [7, 11) is -3.10. The zero-order chi connectivity index (χ0) is 13.7. The van der Waals surface area contributed by atoms with Crippen LogP contribution in [0.5, 0.6) is 0 Å². The molecule has 1 heterocycles. The van der Waals surface area contributed by atoms with Crippen molar-refractivity contribution in [1.29, 1.82) is 0 Å². The third-order valence-corrected chi connectivity index (χ3v) is 4.53. The molecule has 0 aliphatic carbocycles. The van der Waals surface area contributed by atoms with Crippen LogP contribution in [0.25, 0.3) is 0 Å². The maximum atomic E-state index is 11.4. The van der Waals surface area contributed by atoms with Crippen LogP contribution in [0.2, 0.25) is 0 Å². The van der Waals surface area contributed by atoms with Gasteiger partial charge in [0.25, 0.3) is 0 Å². The van der Waals surface area contributed by atoms with Crippen molar-refractivity contribution in [3.05, 3.63) is 29.8 Å². The summed E-state index contributed by atoms with van der Waals surface area (Å²) in [5, 5.41) is 3.51. The summed E-state index contributed by atoms with van der Waals surface area (Å²) in [6.07, 6.45) is 4.51. The van der Waals surface area contributed by atoms with Gasteiger partial charge in [-0.2, -0.15) is 0 Å². The molecule has 0 spiro atoms. The van der Waals surface area contributed by atoms with E-state index >= 15 is 0 Å². The first-order chi connectivity index (χ1) is 9.05. The average molecular weight is 283 g/mol. The molecular weight excluding hydrogens is 262 g/mol. The Hall–Kier alpha value is -0.910. The molecule has 106 valence electrons. The summed E-state index contributed by atoms with van der Waals surface area (Å²) in [5.74, 6) is 0. The molecule has 1 fully saturated rings. The zero-order valence-electron chi connectivity index (χ0n) is 11.3. The lowest BCUT2D eigenvalue weighted by molar-refractivity contribution is 0.142. The van der Waals surface area contributed by atoms with E-state index in [-0.39, 0.29) is 0 Å². The van der Waals surface area contributed by atoms with Crippen molar-refractivity contribution >= 4 is 9.84 Å². The van der Waals surface area contributed by atoms with E-state index in [1.165, 1.54) is 6.26 Å². The molecule has 1 aliphatic rings. The molecule has 0 bridgehead atoms. The first kappa shape index (κ1) is 14.5. The standard InChI is InChI=1S/C14H21NO3S/c1-19(16,17)14-6-4-12(5-7-14)11-15-13-3-2-9-18-10-8-13/h4-7,13,15H,2-3,8-11H2,1H3. The molecular formula is C14H21NO3S. The van der Waals surface area contributed by atoms with Gasteiger partial charge >= 0.3 is 0 Å². The van der Waals surface area contributed by atoms with E-state index in [4.69, 9.17) is 4.74 Å². The van der Waals surface area contributed by atoms with E-state index in [9.17, 15) is 8.42 Å². The monoisotopic (exact) mass is 283 g/mol. The van der Waals surface area contributed by atoms with E-state index in [0.29, 0.717) is 10.9 Å². The smallest absolute Gasteiger partial charge is 0.175 e. The van der Waals surface area contributed by atoms with Crippen molar-refractivity contribution in [3.8, 4) is 0 Å². The highest BCUT2D eigenvalue weighted by molar-refractivity contribution is 7.90. The van der Waals surface area contributed by atoms with E-state index in [0.717, 1.165) is 44.6 Å². The lowest BCUT2D eigenvalue weighted by Gasteiger charge is -2.15. The molecule has 2 rings (SSSR count). The summed E-state index contributed by atoms with van der Waals surface area (Å²) in [4.78, 5) is 0.374. The van der Waals surface area contributed by atoms with Gasteiger partial charge < -0.3 is 10.1 Å². The van der Waals surface area contributed by atoms with Gasteiger partial charge in [-0.3, -0.25) is 0 Å². The van der Waals surface area contributed by atoms with Crippen molar-refractivity contribution in [3.63, 3.8) is 0 Å². The van der Waals surface area contributed by atoms with Crippen LogP contribution in [0.3, 0.4) is 0 Å². The van der Waals surface area contributed by atoms with Crippen LogP contribution < -0.4 is 5.32 Å². The normalized spacial score (nSPS) is 21.0. The van der Waals surface area contributed by atoms with Crippen molar-refractivity contribution in [2.75, 3.05) is 19.5 Å². The van der Waals surface area contributed by atoms with Gasteiger partial charge in [-0.1, -0.05) is 12.1 Å². The highest BCUT2D eigenvalue weighted by atomic mass is 32.2. The van der Waals surface area contributed by atoms with Gasteiger partial charge in [0.05, 0.1) is 4.90 Å². The molecule has 19 heavy (non-hydrogen) atoms. The Morgan fingerprint density at radius 3 is 2.63 bits per heavy atom. The number of hydrogen-bond acceptors (Lipinski definition) is 4. The quantitative estimate of drug-likeness (QED) is 0.914. The number of nitrogens with one attached hydrogen (secondary N) is 1. The maximum Gasteiger partial charge on any atom is 0.175 e. The minimum absolute atomic E-state index is 0.374. The fourth-order valence-electron chi connectivity index (χ4n) is 2.22. The summed E-state index contributed by atoms with van der Waals surface area (Å²) < 4.78 is 28.1. The van der Waals surface area contributed by atoms with E-state index < -0.39 is 9.84 Å². The molecule has 0 saturated carbocycles. The predicted octanol–water partition coefficient (Wildman–Crippen LogP) is 1.75. The van der Waals surface area contributed by atoms with Gasteiger partial charge in [-0.15, -0.1) is 0 Å². The molecule has 1 aromatic rings. The van der Waals surface area contributed by atoms with Gasteiger partial charge in [-0.05, 0) is 37.0 Å².